The second kappa shape index (κ2) is 15.4. The number of ether oxygens (including phenoxy) is 1. The first-order valence-corrected chi connectivity index (χ1v) is 20.6. The fraction of sp³-hybridized carbons (Fsp3) is 0.390. The van der Waals surface area contributed by atoms with Crippen LogP contribution in [-0.2, 0) is 27.3 Å². The van der Waals surface area contributed by atoms with Crippen LogP contribution in [0.25, 0.3) is 33.3 Å². The van der Waals surface area contributed by atoms with Crippen LogP contribution < -0.4 is 15.1 Å². The molecule has 3 aliphatic heterocycles. The molecule has 2 unspecified atom stereocenters. The zero-order valence-corrected chi connectivity index (χ0v) is 33.8. The van der Waals surface area contributed by atoms with Crippen molar-refractivity contribution < 1.29 is 27.3 Å². The molecular formula is C41H45F3N10O3S. The lowest BCUT2D eigenvalue weighted by Gasteiger charge is -2.54. The first-order valence-electron chi connectivity index (χ1n) is 19.1. The van der Waals surface area contributed by atoms with Crippen LogP contribution in [0.5, 0.6) is 0 Å². The second-order valence-corrected chi connectivity index (χ2v) is 16.9. The van der Waals surface area contributed by atoms with E-state index in [-0.39, 0.29) is 35.9 Å². The highest BCUT2D eigenvalue weighted by Gasteiger charge is 2.57. The number of amides is 1. The van der Waals surface area contributed by atoms with Crippen LogP contribution in [0.2, 0.25) is 0 Å². The Morgan fingerprint density at radius 2 is 1.84 bits per heavy atom. The van der Waals surface area contributed by atoms with E-state index >= 15 is 4.39 Å². The smallest absolute Gasteiger partial charge is 0.245 e. The van der Waals surface area contributed by atoms with Crippen molar-refractivity contribution in [2.75, 3.05) is 61.8 Å². The number of hydrogen-bond acceptors (Lipinski definition) is 10. The van der Waals surface area contributed by atoms with Crippen LogP contribution in [0.3, 0.4) is 0 Å². The van der Waals surface area contributed by atoms with Gasteiger partial charge in [-0.05, 0) is 50.1 Å². The standard InChI is InChI=1S/C41H45F3N10O3S/c1-7-34-39(55)50(5)17-29(57-6)18-52-26(4)47-33-15-28(43)13-30(36(33)52)24(2)9-8-10-25(3)45-23-53(34)37-31-16-46-54(35-12-11-27(42)14-32(35)44)38(31)49-40(48-37)51-19-41(20-51)21-58(56)22-41/h8-16,29,34,45H,2,7,17-23H2,1,3-6H3/b9-8-,25-10+. The Balaban J connectivity index is 1.23. The second-order valence-electron chi connectivity index (χ2n) is 15.5. The van der Waals surface area contributed by atoms with Gasteiger partial charge in [-0.3, -0.25) is 4.79 Å². The van der Waals surface area contributed by atoms with E-state index in [0.717, 1.165) is 17.8 Å². The van der Waals surface area contributed by atoms with Gasteiger partial charge in [0.25, 0.3) is 0 Å². The number of rotatable bonds is 5. The summed E-state index contributed by atoms with van der Waals surface area (Å²) in [5.41, 5.74) is 3.33. The highest BCUT2D eigenvalue weighted by molar-refractivity contribution is 7.92. The molecule has 3 aromatic heterocycles. The quantitative estimate of drug-likeness (QED) is 0.235. The van der Waals surface area contributed by atoms with Crippen molar-refractivity contribution in [3.8, 4) is 5.69 Å². The Morgan fingerprint density at radius 3 is 2.55 bits per heavy atom. The molecule has 0 aliphatic carbocycles. The van der Waals surface area contributed by atoms with Gasteiger partial charge in [0.05, 0.1) is 47.3 Å². The number of allylic oxidation sites excluding steroid dienone is 5. The normalized spacial score (nSPS) is 22.2. The van der Waals surface area contributed by atoms with E-state index in [2.05, 4.69) is 22.0 Å². The van der Waals surface area contributed by atoms with E-state index in [1.54, 1.807) is 19.1 Å². The summed E-state index contributed by atoms with van der Waals surface area (Å²) in [5.74, 6) is 0.436. The van der Waals surface area contributed by atoms with Crippen LogP contribution in [0.15, 0.2) is 67.0 Å². The SMILES string of the molecule is C=C1/C=C\C=C(/C)NCN(c2nc(N3CC4(C3)C[S+]([O-])C4)nc3c2cnn3-c2ccc(F)cc2F)C(CC)C(=O)N(C)CC(OC)Cn2c(C)nc3cc(F)cc1c32. The van der Waals surface area contributed by atoms with Gasteiger partial charge in [0.15, 0.2) is 11.5 Å². The van der Waals surface area contributed by atoms with Crippen molar-refractivity contribution in [2.24, 2.45) is 5.41 Å². The van der Waals surface area contributed by atoms with Gasteiger partial charge in [0, 0.05) is 57.2 Å². The average molecular weight is 815 g/mol. The summed E-state index contributed by atoms with van der Waals surface area (Å²) in [6.07, 6.45) is 6.92. The molecule has 8 rings (SSSR count). The van der Waals surface area contributed by atoms with Crippen LogP contribution in [-0.4, -0.2) is 109 Å². The van der Waals surface area contributed by atoms with Gasteiger partial charge in [0.1, 0.15) is 46.5 Å². The molecule has 1 N–H and O–H groups in total. The third kappa shape index (κ3) is 7.19. The average Bonchev–Trinajstić information content (AvgIpc) is 3.72. The first kappa shape index (κ1) is 39.4. The molecule has 5 aromatic rings. The fourth-order valence-electron chi connectivity index (χ4n) is 8.21. The number of nitrogens with zero attached hydrogens (tertiary/aromatic N) is 9. The number of aromatic nitrogens is 6. The molecule has 2 atom stereocenters. The van der Waals surface area contributed by atoms with Gasteiger partial charge >= 0.3 is 0 Å². The highest BCUT2D eigenvalue weighted by Crippen LogP contribution is 2.43. The Morgan fingerprint density at radius 1 is 1.07 bits per heavy atom. The van der Waals surface area contributed by atoms with Crippen molar-refractivity contribution in [3.05, 3.63) is 95.9 Å². The van der Waals surface area contributed by atoms with E-state index in [1.807, 2.05) is 53.4 Å². The number of hydrogen-bond donors (Lipinski definition) is 1. The Bertz CT molecular complexity index is 2490. The van der Waals surface area contributed by atoms with Gasteiger partial charge in [-0.25, -0.2) is 22.8 Å². The summed E-state index contributed by atoms with van der Waals surface area (Å²) in [6.45, 7) is 11.8. The number of benzene rings is 2. The Kier molecular flexibility index (Phi) is 10.5. The maximum absolute atomic E-state index is 15.3. The minimum Gasteiger partial charge on any atom is -0.616 e. The van der Waals surface area contributed by atoms with Crippen molar-refractivity contribution >= 4 is 56.5 Å². The molecule has 17 heteroatoms. The number of methoxy groups -OCH3 is 1. The van der Waals surface area contributed by atoms with Crippen LogP contribution in [0.1, 0.15) is 31.7 Å². The largest absolute Gasteiger partial charge is 0.616 e. The van der Waals surface area contributed by atoms with Gasteiger partial charge < -0.3 is 33.9 Å². The lowest BCUT2D eigenvalue weighted by Crippen LogP contribution is -2.68. The molecule has 1 amide bonds. The molecule has 6 heterocycles. The summed E-state index contributed by atoms with van der Waals surface area (Å²) in [7, 11) is 3.32. The molecule has 0 bridgehead atoms. The molecule has 1 spiro atoms. The zero-order chi connectivity index (χ0) is 41.0. The number of likely N-dealkylation sites (N-methyl/N-ethyl adjacent to an activating group) is 1. The number of anilines is 2. The molecule has 0 saturated carbocycles. The third-order valence-corrected chi connectivity index (χ3v) is 13.1. The monoisotopic (exact) mass is 814 g/mol. The number of carbonyl (C=O) groups is 1. The Labute approximate surface area is 337 Å². The topological polar surface area (TPSA) is 133 Å². The zero-order valence-electron chi connectivity index (χ0n) is 33.0. The van der Waals surface area contributed by atoms with E-state index in [4.69, 9.17) is 14.7 Å². The van der Waals surface area contributed by atoms with Crippen molar-refractivity contribution in [1.29, 1.82) is 0 Å². The van der Waals surface area contributed by atoms with E-state index in [9.17, 15) is 18.1 Å². The summed E-state index contributed by atoms with van der Waals surface area (Å²) < 4.78 is 65.6. The van der Waals surface area contributed by atoms with Crippen molar-refractivity contribution in [2.45, 2.75) is 45.9 Å². The van der Waals surface area contributed by atoms with Gasteiger partial charge in [-0.15, -0.1) is 0 Å². The number of aryl methyl sites for hydroxylation is 1. The van der Waals surface area contributed by atoms with E-state index < -0.39 is 40.8 Å². The first-order chi connectivity index (χ1) is 27.8. The maximum atomic E-state index is 15.3. The predicted molar refractivity (Wildman–Crippen MR) is 218 cm³/mol. The highest BCUT2D eigenvalue weighted by atomic mass is 32.2. The van der Waals surface area contributed by atoms with Gasteiger partial charge in [-0.2, -0.15) is 15.1 Å². The molecule has 2 aromatic carbocycles. The van der Waals surface area contributed by atoms with E-state index in [1.165, 1.54) is 29.1 Å². The number of nitrogens with one attached hydrogen (secondary N) is 1. The predicted octanol–water partition coefficient (Wildman–Crippen LogP) is 5.25. The number of carbonyl (C=O) groups excluding carboxylic acids is 1. The summed E-state index contributed by atoms with van der Waals surface area (Å²) in [6, 6.07) is 5.35. The molecule has 13 nitrogen and oxygen atoms in total. The fourth-order valence-corrected chi connectivity index (χ4v) is 9.85. The van der Waals surface area contributed by atoms with Crippen LogP contribution >= 0.6 is 0 Å². The van der Waals surface area contributed by atoms with Gasteiger partial charge in [-0.1, -0.05) is 36.8 Å². The molecule has 58 heavy (non-hydrogen) atoms. The number of halogens is 3. The lowest BCUT2D eigenvalue weighted by molar-refractivity contribution is -0.133. The minimum absolute atomic E-state index is 0.000548. The molecule has 2 saturated heterocycles. The van der Waals surface area contributed by atoms with Crippen LogP contribution in [0.4, 0.5) is 24.9 Å². The van der Waals surface area contributed by atoms with Gasteiger partial charge in [0.2, 0.25) is 11.9 Å². The summed E-state index contributed by atoms with van der Waals surface area (Å²) >= 11 is -0.848. The minimum atomic E-state index is -0.848. The molecule has 3 aliphatic rings. The molecule has 0 radical (unpaired) electrons. The van der Waals surface area contributed by atoms with Crippen molar-refractivity contribution in [1.82, 2.24) is 39.5 Å². The maximum Gasteiger partial charge on any atom is 0.245 e. The number of fused-ring (bicyclic) bond motifs is 1. The molecule has 304 valence electrons. The van der Waals surface area contributed by atoms with E-state index in [0.29, 0.717) is 82.7 Å². The van der Waals surface area contributed by atoms with Crippen molar-refractivity contribution in [3.63, 3.8) is 0 Å². The summed E-state index contributed by atoms with van der Waals surface area (Å²) in [5, 5.41) is 8.41. The summed E-state index contributed by atoms with van der Waals surface area (Å²) in [4.78, 5) is 34.9. The third-order valence-electron chi connectivity index (χ3n) is 11.2. The molecular weight excluding hydrogens is 770 g/mol. The molecule has 2 fully saturated rings. The lowest BCUT2D eigenvalue weighted by atomic mass is 9.83. The Hall–Kier alpha value is -5.39. The van der Waals surface area contributed by atoms with Crippen LogP contribution in [0, 0.1) is 29.8 Å². The number of imidazole rings is 1.